The lowest BCUT2D eigenvalue weighted by molar-refractivity contribution is 0.290. The van der Waals surface area contributed by atoms with E-state index < -0.39 is 0 Å². The lowest BCUT2D eigenvalue weighted by Gasteiger charge is -2.17. The van der Waals surface area contributed by atoms with E-state index in [0.717, 1.165) is 18.4 Å². The summed E-state index contributed by atoms with van der Waals surface area (Å²) in [5, 5.41) is 3.12. The number of rotatable bonds is 7. The Morgan fingerprint density at radius 3 is 2.57 bits per heavy atom. The van der Waals surface area contributed by atoms with Crippen molar-refractivity contribution in [1.29, 1.82) is 0 Å². The minimum Gasteiger partial charge on any atom is -0.490 e. The Labute approximate surface area is 126 Å². The van der Waals surface area contributed by atoms with Crippen molar-refractivity contribution in [1.82, 2.24) is 5.32 Å². The van der Waals surface area contributed by atoms with Crippen molar-refractivity contribution in [3.63, 3.8) is 0 Å². The maximum atomic E-state index is 13.9. The van der Waals surface area contributed by atoms with E-state index in [1.807, 2.05) is 38.2 Å². The van der Waals surface area contributed by atoms with Crippen LogP contribution in [0.3, 0.4) is 0 Å². The number of benzene rings is 2. The summed E-state index contributed by atoms with van der Waals surface area (Å²) in [7, 11) is 1.86. The minimum atomic E-state index is -0.297. The Kier molecular flexibility index (Phi) is 5.76. The zero-order chi connectivity index (χ0) is 15.1. The van der Waals surface area contributed by atoms with Crippen molar-refractivity contribution in [2.24, 2.45) is 0 Å². The van der Waals surface area contributed by atoms with Crippen LogP contribution < -0.4 is 10.1 Å². The molecule has 2 aromatic carbocycles. The number of halogens is 1. The van der Waals surface area contributed by atoms with E-state index in [2.05, 4.69) is 17.4 Å². The second kappa shape index (κ2) is 7.79. The second-order valence-electron chi connectivity index (χ2n) is 5.11. The van der Waals surface area contributed by atoms with E-state index in [1.54, 1.807) is 6.07 Å². The van der Waals surface area contributed by atoms with Gasteiger partial charge in [0.25, 0.3) is 0 Å². The van der Waals surface area contributed by atoms with Gasteiger partial charge in [0.15, 0.2) is 11.6 Å². The van der Waals surface area contributed by atoms with Crippen LogP contribution in [0.4, 0.5) is 4.39 Å². The quantitative estimate of drug-likeness (QED) is 0.774. The molecule has 112 valence electrons. The zero-order valence-electron chi connectivity index (χ0n) is 12.6. The summed E-state index contributed by atoms with van der Waals surface area (Å²) in [6.07, 6.45) is 1.80. The van der Waals surface area contributed by atoms with Gasteiger partial charge in [-0.05, 0) is 38.4 Å². The highest BCUT2D eigenvalue weighted by molar-refractivity contribution is 5.37. The fourth-order valence-corrected chi connectivity index (χ4v) is 2.27. The number of nitrogens with one attached hydrogen (secondary N) is 1. The third kappa shape index (κ3) is 4.30. The lowest BCUT2D eigenvalue weighted by Crippen LogP contribution is -2.15. The summed E-state index contributed by atoms with van der Waals surface area (Å²) in [5.41, 5.74) is 2.13. The molecule has 0 spiro atoms. The molecule has 0 fully saturated rings. The Hall–Kier alpha value is -1.87. The van der Waals surface area contributed by atoms with Gasteiger partial charge in [0.05, 0.1) is 6.61 Å². The molecule has 0 aliphatic carbocycles. The Morgan fingerprint density at radius 1 is 1.10 bits per heavy atom. The molecule has 0 saturated heterocycles. The zero-order valence-corrected chi connectivity index (χ0v) is 12.6. The molecule has 1 N–H and O–H groups in total. The first-order chi connectivity index (χ1) is 10.2. The van der Waals surface area contributed by atoms with Crippen LogP contribution in [-0.4, -0.2) is 13.7 Å². The molecule has 0 bridgehead atoms. The van der Waals surface area contributed by atoms with Crippen molar-refractivity contribution in [3.05, 3.63) is 65.5 Å². The van der Waals surface area contributed by atoms with Crippen LogP contribution in [0.1, 0.15) is 30.5 Å². The summed E-state index contributed by atoms with van der Waals surface area (Å²) in [4.78, 5) is 0. The Bertz CT molecular complexity index is 556. The summed E-state index contributed by atoms with van der Waals surface area (Å²) in [6.45, 7) is 2.50. The van der Waals surface area contributed by atoms with Gasteiger partial charge in [0.2, 0.25) is 0 Å². The third-order valence-corrected chi connectivity index (χ3v) is 3.60. The highest BCUT2D eigenvalue weighted by Crippen LogP contribution is 2.28. The third-order valence-electron chi connectivity index (χ3n) is 3.60. The normalized spacial score (nSPS) is 12.1. The highest BCUT2D eigenvalue weighted by atomic mass is 19.1. The van der Waals surface area contributed by atoms with Crippen LogP contribution in [0.5, 0.6) is 5.75 Å². The SMILES string of the molecule is CNC(C)c1cccc(F)c1OCCCc1ccccc1. The van der Waals surface area contributed by atoms with Crippen LogP contribution in [0, 0.1) is 5.82 Å². The average Bonchev–Trinajstić information content (AvgIpc) is 2.53. The summed E-state index contributed by atoms with van der Waals surface area (Å²) in [5.74, 6) is 0.0710. The molecule has 0 aliphatic heterocycles. The summed E-state index contributed by atoms with van der Waals surface area (Å²) >= 11 is 0. The Balaban J connectivity index is 1.93. The predicted molar refractivity (Wildman–Crippen MR) is 84.1 cm³/mol. The molecular weight excluding hydrogens is 265 g/mol. The lowest BCUT2D eigenvalue weighted by atomic mass is 10.1. The van der Waals surface area contributed by atoms with Crippen molar-refractivity contribution in [3.8, 4) is 5.75 Å². The maximum Gasteiger partial charge on any atom is 0.165 e. The molecule has 2 aromatic rings. The molecule has 21 heavy (non-hydrogen) atoms. The van der Waals surface area contributed by atoms with Gasteiger partial charge in [-0.25, -0.2) is 4.39 Å². The monoisotopic (exact) mass is 287 g/mol. The van der Waals surface area contributed by atoms with Crippen molar-refractivity contribution in [2.45, 2.75) is 25.8 Å². The van der Waals surface area contributed by atoms with Gasteiger partial charge in [0, 0.05) is 11.6 Å². The van der Waals surface area contributed by atoms with E-state index in [9.17, 15) is 4.39 Å². The standard InChI is InChI=1S/C18H22FNO/c1-14(20-2)16-11-6-12-17(19)18(16)21-13-7-10-15-8-4-3-5-9-15/h3-6,8-9,11-12,14,20H,7,10,13H2,1-2H3. The van der Waals surface area contributed by atoms with Crippen LogP contribution in [-0.2, 0) is 6.42 Å². The predicted octanol–water partition coefficient (Wildman–Crippen LogP) is 4.12. The molecule has 0 aromatic heterocycles. The van der Waals surface area contributed by atoms with Crippen molar-refractivity contribution < 1.29 is 9.13 Å². The molecule has 1 unspecified atom stereocenters. The first-order valence-corrected chi connectivity index (χ1v) is 7.34. The maximum absolute atomic E-state index is 13.9. The molecular formula is C18H22FNO. The van der Waals surface area contributed by atoms with E-state index in [-0.39, 0.29) is 11.9 Å². The number of para-hydroxylation sites is 1. The van der Waals surface area contributed by atoms with Crippen LogP contribution in [0.2, 0.25) is 0 Å². The van der Waals surface area contributed by atoms with Crippen molar-refractivity contribution >= 4 is 0 Å². The molecule has 3 heteroatoms. The van der Waals surface area contributed by atoms with Crippen LogP contribution in [0.25, 0.3) is 0 Å². The molecule has 0 radical (unpaired) electrons. The van der Waals surface area contributed by atoms with Gasteiger partial charge in [0.1, 0.15) is 0 Å². The highest BCUT2D eigenvalue weighted by Gasteiger charge is 2.14. The minimum absolute atomic E-state index is 0.0600. The van der Waals surface area contributed by atoms with E-state index in [1.165, 1.54) is 11.6 Å². The number of ether oxygens (including phenoxy) is 1. The van der Waals surface area contributed by atoms with Crippen LogP contribution in [0.15, 0.2) is 48.5 Å². The summed E-state index contributed by atoms with van der Waals surface area (Å²) < 4.78 is 19.6. The van der Waals surface area contributed by atoms with Gasteiger partial charge < -0.3 is 10.1 Å². The van der Waals surface area contributed by atoms with Gasteiger partial charge >= 0.3 is 0 Å². The molecule has 2 rings (SSSR count). The fourth-order valence-electron chi connectivity index (χ4n) is 2.27. The van der Waals surface area contributed by atoms with Gasteiger partial charge in [-0.3, -0.25) is 0 Å². The molecule has 0 aliphatic rings. The van der Waals surface area contributed by atoms with Gasteiger partial charge in [-0.2, -0.15) is 0 Å². The Morgan fingerprint density at radius 2 is 1.86 bits per heavy atom. The van der Waals surface area contributed by atoms with Crippen molar-refractivity contribution in [2.75, 3.05) is 13.7 Å². The van der Waals surface area contributed by atoms with Gasteiger partial charge in [-0.15, -0.1) is 0 Å². The topological polar surface area (TPSA) is 21.3 Å². The molecule has 0 heterocycles. The largest absolute Gasteiger partial charge is 0.490 e. The number of hydrogen-bond acceptors (Lipinski definition) is 2. The smallest absolute Gasteiger partial charge is 0.165 e. The van der Waals surface area contributed by atoms with E-state index in [0.29, 0.717) is 12.4 Å². The fraction of sp³-hybridized carbons (Fsp3) is 0.333. The number of aryl methyl sites for hydroxylation is 1. The molecule has 0 amide bonds. The van der Waals surface area contributed by atoms with E-state index >= 15 is 0 Å². The second-order valence-corrected chi connectivity index (χ2v) is 5.11. The molecule has 1 atom stereocenters. The molecule has 0 saturated carbocycles. The first kappa shape index (κ1) is 15.5. The molecule has 2 nitrogen and oxygen atoms in total. The van der Waals surface area contributed by atoms with Gasteiger partial charge in [-0.1, -0.05) is 42.5 Å². The summed E-state index contributed by atoms with van der Waals surface area (Å²) in [6, 6.07) is 15.4. The average molecular weight is 287 g/mol. The van der Waals surface area contributed by atoms with E-state index in [4.69, 9.17) is 4.74 Å². The van der Waals surface area contributed by atoms with Crippen LogP contribution >= 0.6 is 0 Å². The first-order valence-electron chi connectivity index (χ1n) is 7.34. The number of hydrogen-bond donors (Lipinski definition) is 1.